The molecule has 1 aliphatic carbocycles. The maximum Gasteiger partial charge on any atom is 0.120 e. The van der Waals surface area contributed by atoms with Crippen LogP contribution >= 0.6 is 0 Å². The van der Waals surface area contributed by atoms with E-state index in [-0.39, 0.29) is 0 Å². The Labute approximate surface area is 98.7 Å². The predicted octanol–water partition coefficient (Wildman–Crippen LogP) is 3.24. The van der Waals surface area contributed by atoms with Crippen LogP contribution in [0.25, 0.3) is 0 Å². The van der Waals surface area contributed by atoms with Crippen LogP contribution in [-0.2, 0) is 4.79 Å². The Bertz CT molecular complexity index is 248. The van der Waals surface area contributed by atoms with Crippen LogP contribution in [0.1, 0.15) is 58.8 Å². The first kappa shape index (κ1) is 13.4. The van der Waals surface area contributed by atoms with Gasteiger partial charge in [0.15, 0.2) is 0 Å². The Hall–Kier alpha value is -0.630. The van der Waals surface area contributed by atoms with E-state index in [1.807, 2.05) is 13.8 Å². The maximum atomic E-state index is 10.2. The van der Waals surface area contributed by atoms with Crippen LogP contribution in [0.2, 0.25) is 0 Å². The number of aliphatic hydroxyl groups is 1. The van der Waals surface area contributed by atoms with Gasteiger partial charge in [0, 0.05) is 6.42 Å². The maximum absolute atomic E-state index is 10.2. The summed E-state index contributed by atoms with van der Waals surface area (Å²) in [5, 5.41) is 9.80. The predicted molar refractivity (Wildman–Crippen MR) is 66.3 cm³/mol. The summed E-state index contributed by atoms with van der Waals surface area (Å²) >= 11 is 0. The molecule has 0 bridgehead atoms. The Morgan fingerprint density at radius 2 is 2.31 bits per heavy atom. The summed E-state index contributed by atoms with van der Waals surface area (Å²) in [6.45, 7) is 3.77. The molecule has 1 atom stereocenters. The summed E-state index contributed by atoms with van der Waals surface area (Å²) < 4.78 is 0. The SMILES string of the molecule is CC(C)(O)CC1CCC=C(CCCC=O)C1. The summed E-state index contributed by atoms with van der Waals surface area (Å²) in [4.78, 5) is 10.2. The second kappa shape index (κ2) is 6.19. The zero-order valence-corrected chi connectivity index (χ0v) is 10.5. The van der Waals surface area contributed by atoms with Gasteiger partial charge in [-0.2, -0.15) is 0 Å². The Balaban J connectivity index is 2.34. The van der Waals surface area contributed by atoms with Crippen molar-refractivity contribution in [1.29, 1.82) is 0 Å². The lowest BCUT2D eigenvalue weighted by Crippen LogP contribution is -2.24. The van der Waals surface area contributed by atoms with Gasteiger partial charge in [-0.05, 0) is 58.3 Å². The highest BCUT2D eigenvalue weighted by molar-refractivity contribution is 5.49. The third-order valence-corrected chi connectivity index (χ3v) is 3.17. The van der Waals surface area contributed by atoms with Gasteiger partial charge in [0.05, 0.1) is 5.60 Å². The van der Waals surface area contributed by atoms with Gasteiger partial charge in [0.25, 0.3) is 0 Å². The molecule has 0 aromatic carbocycles. The van der Waals surface area contributed by atoms with Crippen molar-refractivity contribution >= 4 is 6.29 Å². The molecule has 1 unspecified atom stereocenters. The first-order valence-corrected chi connectivity index (χ1v) is 6.35. The Morgan fingerprint density at radius 3 is 2.94 bits per heavy atom. The molecule has 0 aromatic heterocycles. The standard InChI is InChI=1S/C14H24O2/c1-14(2,16)11-13-8-5-7-12(10-13)6-3-4-9-15/h7,9,13,16H,3-6,8,10-11H2,1-2H3. The number of aldehydes is 1. The molecule has 0 aromatic rings. The summed E-state index contributed by atoms with van der Waals surface area (Å²) in [5.41, 5.74) is 0.943. The van der Waals surface area contributed by atoms with E-state index in [0.29, 0.717) is 12.3 Å². The van der Waals surface area contributed by atoms with Crippen molar-refractivity contribution in [2.75, 3.05) is 0 Å². The van der Waals surface area contributed by atoms with E-state index in [0.717, 1.165) is 38.4 Å². The van der Waals surface area contributed by atoms with E-state index in [2.05, 4.69) is 6.08 Å². The molecular formula is C14H24O2. The van der Waals surface area contributed by atoms with Crippen LogP contribution in [0.4, 0.5) is 0 Å². The van der Waals surface area contributed by atoms with Gasteiger partial charge in [-0.1, -0.05) is 11.6 Å². The average Bonchev–Trinajstić information content (AvgIpc) is 2.16. The van der Waals surface area contributed by atoms with Crippen LogP contribution < -0.4 is 0 Å². The highest BCUT2D eigenvalue weighted by Crippen LogP contribution is 2.32. The zero-order chi connectivity index (χ0) is 12.0. The molecule has 0 saturated carbocycles. The van der Waals surface area contributed by atoms with Gasteiger partial charge >= 0.3 is 0 Å². The van der Waals surface area contributed by atoms with Crippen LogP contribution in [0.5, 0.6) is 0 Å². The third-order valence-electron chi connectivity index (χ3n) is 3.17. The van der Waals surface area contributed by atoms with Crippen molar-refractivity contribution in [3.8, 4) is 0 Å². The third kappa shape index (κ3) is 5.45. The normalized spacial score (nSPS) is 21.7. The average molecular weight is 224 g/mol. The summed E-state index contributed by atoms with van der Waals surface area (Å²) in [6.07, 6.45) is 10.4. The fourth-order valence-corrected chi connectivity index (χ4v) is 2.58. The molecule has 0 radical (unpaired) electrons. The molecule has 0 fully saturated rings. The first-order valence-electron chi connectivity index (χ1n) is 6.35. The lowest BCUT2D eigenvalue weighted by molar-refractivity contribution is -0.107. The van der Waals surface area contributed by atoms with Gasteiger partial charge in [-0.3, -0.25) is 0 Å². The van der Waals surface area contributed by atoms with Crippen molar-refractivity contribution in [1.82, 2.24) is 0 Å². The van der Waals surface area contributed by atoms with Crippen molar-refractivity contribution in [3.63, 3.8) is 0 Å². The molecule has 1 N–H and O–H groups in total. The molecule has 2 nitrogen and oxygen atoms in total. The lowest BCUT2D eigenvalue weighted by Gasteiger charge is -2.28. The van der Waals surface area contributed by atoms with Crippen molar-refractivity contribution in [2.45, 2.75) is 64.4 Å². The van der Waals surface area contributed by atoms with E-state index in [9.17, 15) is 9.90 Å². The number of hydrogen-bond acceptors (Lipinski definition) is 2. The van der Waals surface area contributed by atoms with Gasteiger partial charge in [0.2, 0.25) is 0 Å². The largest absolute Gasteiger partial charge is 0.390 e. The van der Waals surface area contributed by atoms with E-state index < -0.39 is 5.60 Å². The Morgan fingerprint density at radius 1 is 1.56 bits per heavy atom. The van der Waals surface area contributed by atoms with E-state index in [1.54, 1.807) is 0 Å². The highest BCUT2D eigenvalue weighted by atomic mass is 16.3. The van der Waals surface area contributed by atoms with Gasteiger partial charge < -0.3 is 9.90 Å². The van der Waals surface area contributed by atoms with Crippen LogP contribution in [-0.4, -0.2) is 17.0 Å². The van der Waals surface area contributed by atoms with E-state index >= 15 is 0 Å². The van der Waals surface area contributed by atoms with Crippen LogP contribution in [0.15, 0.2) is 11.6 Å². The molecule has 0 spiro atoms. The number of carbonyl (C=O) groups excluding carboxylic acids is 1. The molecule has 2 heteroatoms. The quantitative estimate of drug-likeness (QED) is 0.427. The molecule has 1 aliphatic rings. The Kier molecular flexibility index (Phi) is 5.20. The molecule has 92 valence electrons. The second-order valence-corrected chi connectivity index (χ2v) is 5.59. The van der Waals surface area contributed by atoms with E-state index in [4.69, 9.17) is 0 Å². The van der Waals surface area contributed by atoms with Gasteiger partial charge in [0.1, 0.15) is 6.29 Å². The number of unbranched alkanes of at least 4 members (excludes halogenated alkanes) is 1. The topological polar surface area (TPSA) is 37.3 Å². The number of rotatable bonds is 6. The molecule has 1 rings (SSSR count). The van der Waals surface area contributed by atoms with Crippen molar-refractivity contribution in [3.05, 3.63) is 11.6 Å². The number of carbonyl (C=O) groups is 1. The minimum atomic E-state index is -0.546. The van der Waals surface area contributed by atoms with Crippen molar-refractivity contribution < 1.29 is 9.90 Å². The summed E-state index contributed by atoms with van der Waals surface area (Å²) in [5.74, 6) is 0.622. The van der Waals surface area contributed by atoms with Crippen LogP contribution in [0, 0.1) is 5.92 Å². The smallest absolute Gasteiger partial charge is 0.120 e. The van der Waals surface area contributed by atoms with E-state index in [1.165, 1.54) is 12.0 Å². The van der Waals surface area contributed by atoms with Gasteiger partial charge in [-0.25, -0.2) is 0 Å². The fourth-order valence-electron chi connectivity index (χ4n) is 2.58. The minimum Gasteiger partial charge on any atom is -0.390 e. The van der Waals surface area contributed by atoms with Gasteiger partial charge in [-0.15, -0.1) is 0 Å². The fraction of sp³-hybridized carbons (Fsp3) is 0.786. The first-order chi connectivity index (χ1) is 7.51. The minimum absolute atomic E-state index is 0.546. The van der Waals surface area contributed by atoms with Crippen molar-refractivity contribution in [2.24, 2.45) is 5.92 Å². The number of allylic oxidation sites excluding steroid dienone is 2. The molecule has 0 aliphatic heterocycles. The molecule has 0 amide bonds. The number of hydrogen-bond donors (Lipinski definition) is 1. The monoisotopic (exact) mass is 224 g/mol. The molecule has 0 heterocycles. The second-order valence-electron chi connectivity index (χ2n) is 5.59. The van der Waals surface area contributed by atoms with Crippen LogP contribution in [0.3, 0.4) is 0 Å². The summed E-state index contributed by atoms with van der Waals surface area (Å²) in [6, 6.07) is 0. The lowest BCUT2D eigenvalue weighted by atomic mass is 9.81. The molecule has 16 heavy (non-hydrogen) atoms. The highest BCUT2D eigenvalue weighted by Gasteiger charge is 2.22. The molecular weight excluding hydrogens is 200 g/mol. The molecule has 0 saturated heterocycles. The summed E-state index contributed by atoms with van der Waals surface area (Å²) in [7, 11) is 0. The zero-order valence-electron chi connectivity index (χ0n) is 10.5.